The molecule has 1 unspecified atom stereocenters. The summed E-state index contributed by atoms with van der Waals surface area (Å²) in [6, 6.07) is 1.63. The molecular formula is C9H12NO4P. The molecule has 0 aromatic carbocycles. The Morgan fingerprint density at radius 1 is 1.60 bits per heavy atom. The van der Waals surface area contributed by atoms with Crippen molar-refractivity contribution in [1.82, 2.24) is 4.57 Å². The van der Waals surface area contributed by atoms with E-state index in [-0.39, 0.29) is 12.1 Å². The molecule has 1 heterocycles. The number of rotatable bonds is 3. The Balaban J connectivity index is 3.36. The van der Waals surface area contributed by atoms with Gasteiger partial charge in [0.25, 0.3) is 5.56 Å². The van der Waals surface area contributed by atoms with Crippen molar-refractivity contribution in [1.29, 1.82) is 0 Å². The van der Waals surface area contributed by atoms with Gasteiger partial charge in [-0.05, 0) is 13.8 Å². The molecule has 0 radical (unpaired) electrons. The van der Waals surface area contributed by atoms with Crippen LogP contribution in [0.15, 0.2) is 10.9 Å². The van der Waals surface area contributed by atoms with Crippen LogP contribution in [0, 0.1) is 13.8 Å². The maximum atomic E-state index is 11.7. The number of carbonyl (C=O) groups is 1. The minimum atomic E-state index is -1.04. The number of hydrogen-bond acceptors (Lipinski definition) is 3. The van der Waals surface area contributed by atoms with E-state index in [2.05, 4.69) is 9.47 Å². The first kappa shape index (κ1) is 11.7. The lowest BCUT2D eigenvalue weighted by Crippen LogP contribution is -2.27. The molecule has 6 heteroatoms. The third-order valence-electron chi connectivity index (χ3n) is 2.12. The molecule has 0 fully saturated rings. The van der Waals surface area contributed by atoms with Crippen LogP contribution in [0.1, 0.15) is 11.3 Å². The summed E-state index contributed by atoms with van der Waals surface area (Å²) in [4.78, 5) is 22.3. The zero-order chi connectivity index (χ0) is 11.6. The van der Waals surface area contributed by atoms with Crippen molar-refractivity contribution < 1.29 is 14.4 Å². The summed E-state index contributed by atoms with van der Waals surface area (Å²) in [5.74, 6) is -0.594. The molecule has 0 aliphatic heterocycles. The molecule has 1 aromatic rings. The van der Waals surface area contributed by atoms with Crippen LogP contribution in [0.2, 0.25) is 0 Å². The zero-order valence-electron chi connectivity index (χ0n) is 8.48. The molecule has 0 aliphatic carbocycles. The summed E-state index contributed by atoms with van der Waals surface area (Å²) in [6.45, 7) is 2.93. The predicted molar refractivity (Wildman–Crippen MR) is 58.1 cm³/mol. The highest BCUT2D eigenvalue weighted by molar-refractivity contribution is 7.10. The molecule has 1 N–H and O–H groups in total. The number of aryl methyl sites for hydroxylation is 1. The third kappa shape index (κ3) is 2.36. The number of pyridine rings is 1. The lowest BCUT2D eigenvalue weighted by atomic mass is 10.2. The van der Waals surface area contributed by atoms with Crippen LogP contribution >= 0.6 is 9.47 Å². The first-order chi connectivity index (χ1) is 6.97. The third-order valence-corrected chi connectivity index (χ3v) is 2.38. The monoisotopic (exact) mass is 229 g/mol. The van der Waals surface area contributed by atoms with E-state index in [1.165, 1.54) is 4.57 Å². The van der Waals surface area contributed by atoms with Gasteiger partial charge in [0.05, 0.1) is 15.0 Å². The predicted octanol–water partition coefficient (Wildman–Crippen LogP) is 0.719. The largest absolute Gasteiger partial charge is 0.480 e. The Bertz CT molecular complexity index is 452. The topological polar surface area (TPSA) is 68.5 Å². The Labute approximate surface area is 89.0 Å². The number of aliphatic carboxylic acids is 1. The quantitative estimate of drug-likeness (QED) is 0.775. The van der Waals surface area contributed by atoms with E-state index < -0.39 is 5.97 Å². The minimum absolute atomic E-state index is 0.331. The van der Waals surface area contributed by atoms with Gasteiger partial charge in [0.15, 0.2) is 0 Å². The van der Waals surface area contributed by atoms with Gasteiger partial charge in [-0.25, -0.2) is 0 Å². The molecule has 0 saturated heterocycles. The molecule has 0 bridgehead atoms. The smallest absolute Gasteiger partial charge is 0.323 e. The number of carboxylic acid groups (broad SMARTS) is 1. The molecule has 0 spiro atoms. The fraction of sp³-hybridized carbons (Fsp3) is 0.333. The first-order valence-corrected chi connectivity index (χ1v) is 4.74. The maximum absolute atomic E-state index is 11.7. The van der Waals surface area contributed by atoms with Crippen LogP contribution in [-0.4, -0.2) is 15.6 Å². The highest BCUT2D eigenvalue weighted by Gasteiger charge is 2.11. The average Bonchev–Trinajstić information content (AvgIpc) is 2.18. The second kappa shape index (κ2) is 4.45. The van der Waals surface area contributed by atoms with Crippen molar-refractivity contribution in [3.8, 4) is 5.75 Å². The van der Waals surface area contributed by atoms with Crippen molar-refractivity contribution in [2.75, 3.05) is 0 Å². The molecule has 0 aliphatic rings. The van der Waals surface area contributed by atoms with Crippen molar-refractivity contribution in [3.63, 3.8) is 0 Å². The molecule has 15 heavy (non-hydrogen) atoms. The molecule has 5 nitrogen and oxygen atoms in total. The van der Waals surface area contributed by atoms with Crippen LogP contribution in [-0.2, 0) is 11.3 Å². The van der Waals surface area contributed by atoms with E-state index in [0.29, 0.717) is 17.0 Å². The Kier molecular flexibility index (Phi) is 3.48. The molecule has 0 saturated carbocycles. The Morgan fingerprint density at radius 2 is 2.20 bits per heavy atom. The van der Waals surface area contributed by atoms with E-state index in [1.54, 1.807) is 19.9 Å². The first-order valence-electron chi connectivity index (χ1n) is 4.27. The van der Waals surface area contributed by atoms with Gasteiger partial charge in [0.1, 0.15) is 12.3 Å². The van der Waals surface area contributed by atoms with E-state index in [9.17, 15) is 9.59 Å². The van der Waals surface area contributed by atoms with E-state index in [4.69, 9.17) is 9.63 Å². The van der Waals surface area contributed by atoms with Crippen molar-refractivity contribution in [2.45, 2.75) is 20.4 Å². The minimum Gasteiger partial charge on any atom is -0.480 e. The summed E-state index contributed by atoms with van der Waals surface area (Å²) >= 11 is 0. The number of hydrogen-bond donors (Lipinski definition) is 1. The SMILES string of the molecule is Cc1c(OP)cc(C)n(CC(=O)O)c1=O. The van der Waals surface area contributed by atoms with Crippen LogP contribution in [0.5, 0.6) is 5.75 Å². The van der Waals surface area contributed by atoms with Crippen molar-refractivity contribution in [2.24, 2.45) is 0 Å². The molecule has 1 aromatic heterocycles. The van der Waals surface area contributed by atoms with Gasteiger partial charge in [-0.15, -0.1) is 0 Å². The zero-order valence-corrected chi connectivity index (χ0v) is 9.64. The Morgan fingerprint density at radius 3 is 2.67 bits per heavy atom. The normalized spacial score (nSPS) is 10.1. The molecule has 0 amide bonds. The van der Waals surface area contributed by atoms with Gasteiger partial charge in [-0.2, -0.15) is 0 Å². The number of carboxylic acids is 1. The van der Waals surface area contributed by atoms with Crippen LogP contribution < -0.4 is 10.1 Å². The van der Waals surface area contributed by atoms with Gasteiger partial charge >= 0.3 is 5.97 Å². The fourth-order valence-corrected chi connectivity index (χ4v) is 1.54. The second-order valence-electron chi connectivity index (χ2n) is 3.18. The van der Waals surface area contributed by atoms with E-state index >= 15 is 0 Å². The summed E-state index contributed by atoms with van der Waals surface area (Å²) in [5, 5.41) is 8.64. The lowest BCUT2D eigenvalue weighted by Gasteiger charge is -2.11. The number of aromatic nitrogens is 1. The summed E-state index contributed by atoms with van der Waals surface area (Å²) in [7, 11) is 2.06. The molecular weight excluding hydrogens is 217 g/mol. The van der Waals surface area contributed by atoms with E-state index in [1.807, 2.05) is 0 Å². The molecule has 1 atom stereocenters. The van der Waals surface area contributed by atoms with Crippen LogP contribution in [0.4, 0.5) is 0 Å². The molecule has 1 rings (SSSR count). The van der Waals surface area contributed by atoms with Gasteiger partial charge in [0, 0.05) is 11.8 Å². The van der Waals surface area contributed by atoms with Crippen molar-refractivity contribution in [3.05, 3.63) is 27.7 Å². The summed E-state index contributed by atoms with van der Waals surface area (Å²) in [6.07, 6.45) is 0. The van der Waals surface area contributed by atoms with Gasteiger partial charge in [-0.1, -0.05) is 0 Å². The van der Waals surface area contributed by atoms with Gasteiger partial charge in [-0.3, -0.25) is 9.59 Å². The average molecular weight is 229 g/mol. The highest BCUT2D eigenvalue weighted by Crippen LogP contribution is 2.17. The Hall–Kier alpha value is -1.35. The van der Waals surface area contributed by atoms with Gasteiger partial charge in [0.2, 0.25) is 0 Å². The second-order valence-corrected chi connectivity index (χ2v) is 3.41. The van der Waals surface area contributed by atoms with Crippen LogP contribution in [0.25, 0.3) is 0 Å². The fourth-order valence-electron chi connectivity index (χ4n) is 1.30. The van der Waals surface area contributed by atoms with Gasteiger partial charge < -0.3 is 14.2 Å². The standard InChI is InChI=1S/C9H12NO4P/c1-5-3-7(14-15)6(2)9(13)10(5)4-8(11)12/h3H,4,15H2,1-2H3,(H,11,12). The van der Waals surface area contributed by atoms with Crippen LogP contribution in [0.3, 0.4) is 0 Å². The lowest BCUT2D eigenvalue weighted by molar-refractivity contribution is -0.137. The maximum Gasteiger partial charge on any atom is 0.323 e. The van der Waals surface area contributed by atoms with E-state index in [0.717, 1.165) is 0 Å². The van der Waals surface area contributed by atoms with Crippen molar-refractivity contribution >= 4 is 15.4 Å². The number of nitrogens with zero attached hydrogens (tertiary/aromatic N) is 1. The molecule has 82 valence electrons. The summed E-state index contributed by atoms with van der Waals surface area (Å²) < 4.78 is 6.12. The summed E-state index contributed by atoms with van der Waals surface area (Å²) in [5.41, 5.74) is 0.622. The highest BCUT2D eigenvalue weighted by atomic mass is 31.0.